The van der Waals surface area contributed by atoms with Crippen molar-refractivity contribution in [1.29, 1.82) is 0 Å². The van der Waals surface area contributed by atoms with Crippen LogP contribution in [0.4, 0.5) is 0 Å². The maximum Gasteiger partial charge on any atom is 0.223 e. The molecule has 2 aromatic carbocycles. The van der Waals surface area contributed by atoms with Crippen LogP contribution < -0.4 is 14.2 Å². The van der Waals surface area contributed by atoms with Gasteiger partial charge in [0.05, 0.1) is 26.4 Å². The van der Waals surface area contributed by atoms with E-state index in [0.29, 0.717) is 26.1 Å². The number of para-hydroxylation sites is 2. The van der Waals surface area contributed by atoms with Crippen LogP contribution in [0, 0.1) is 0 Å². The standard InChI is InChI=1S/C23H29NO4/c1-3-27-21-9-4-5-10-22(21)28-17-7-11-23(25)24-16-6-8-20(24)18-12-14-19(26-2)15-13-18/h4-5,9-10,12-15,20H,3,6-8,11,16-17H2,1-2H3/t20-/m1/s1. The van der Waals surface area contributed by atoms with E-state index in [1.807, 2.05) is 48.2 Å². The number of amides is 1. The predicted octanol–water partition coefficient (Wildman–Crippen LogP) is 4.62. The minimum absolute atomic E-state index is 0.165. The average molecular weight is 383 g/mol. The Hall–Kier alpha value is -2.69. The molecule has 0 bridgehead atoms. The molecule has 150 valence electrons. The summed E-state index contributed by atoms with van der Waals surface area (Å²) >= 11 is 0. The summed E-state index contributed by atoms with van der Waals surface area (Å²) in [7, 11) is 1.66. The van der Waals surface area contributed by atoms with Crippen molar-refractivity contribution in [1.82, 2.24) is 4.90 Å². The molecule has 1 saturated heterocycles. The van der Waals surface area contributed by atoms with Gasteiger partial charge in [-0.3, -0.25) is 4.79 Å². The molecule has 5 heteroatoms. The van der Waals surface area contributed by atoms with Crippen molar-refractivity contribution in [3.63, 3.8) is 0 Å². The van der Waals surface area contributed by atoms with Gasteiger partial charge in [0.2, 0.25) is 5.91 Å². The topological polar surface area (TPSA) is 48.0 Å². The molecule has 0 aromatic heterocycles. The molecule has 1 heterocycles. The van der Waals surface area contributed by atoms with E-state index in [9.17, 15) is 4.79 Å². The molecule has 0 spiro atoms. The molecule has 1 aliphatic rings. The number of carbonyl (C=O) groups excluding carboxylic acids is 1. The Labute approximate surface area is 167 Å². The van der Waals surface area contributed by atoms with Crippen LogP contribution in [0.15, 0.2) is 48.5 Å². The van der Waals surface area contributed by atoms with Crippen LogP contribution in [0.2, 0.25) is 0 Å². The average Bonchev–Trinajstić information content (AvgIpc) is 3.22. The Morgan fingerprint density at radius 3 is 2.46 bits per heavy atom. The van der Waals surface area contributed by atoms with Gasteiger partial charge in [-0.15, -0.1) is 0 Å². The fourth-order valence-corrected chi connectivity index (χ4v) is 3.63. The minimum Gasteiger partial charge on any atom is -0.497 e. The summed E-state index contributed by atoms with van der Waals surface area (Å²) in [6, 6.07) is 15.8. The second kappa shape index (κ2) is 10.0. The zero-order chi connectivity index (χ0) is 19.8. The molecule has 0 radical (unpaired) electrons. The Morgan fingerprint density at radius 1 is 1.07 bits per heavy atom. The highest BCUT2D eigenvalue weighted by Gasteiger charge is 2.29. The predicted molar refractivity (Wildman–Crippen MR) is 109 cm³/mol. The van der Waals surface area contributed by atoms with E-state index >= 15 is 0 Å². The fraction of sp³-hybridized carbons (Fsp3) is 0.435. The van der Waals surface area contributed by atoms with E-state index in [4.69, 9.17) is 14.2 Å². The lowest BCUT2D eigenvalue weighted by atomic mass is 10.0. The molecular formula is C23H29NO4. The number of benzene rings is 2. The largest absolute Gasteiger partial charge is 0.497 e. The molecule has 1 fully saturated rings. The van der Waals surface area contributed by atoms with Crippen LogP contribution in [0.1, 0.15) is 44.2 Å². The summed E-state index contributed by atoms with van der Waals surface area (Å²) in [5.41, 5.74) is 1.17. The van der Waals surface area contributed by atoms with Crippen LogP contribution in [0.25, 0.3) is 0 Å². The first-order chi connectivity index (χ1) is 13.7. The first kappa shape index (κ1) is 20.1. The number of nitrogens with zero attached hydrogens (tertiary/aromatic N) is 1. The lowest BCUT2D eigenvalue weighted by Crippen LogP contribution is -2.30. The first-order valence-electron chi connectivity index (χ1n) is 10.0. The Kier molecular flexibility index (Phi) is 7.18. The van der Waals surface area contributed by atoms with E-state index in [1.165, 1.54) is 5.56 Å². The zero-order valence-corrected chi connectivity index (χ0v) is 16.7. The van der Waals surface area contributed by atoms with E-state index in [2.05, 4.69) is 12.1 Å². The van der Waals surface area contributed by atoms with Crippen LogP contribution in [-0.4, -0.2) is 37.7 Å². The van der Waals surface area contributed by atoms with Gasteiger partial charge in [0, 0.05) is 13.0 Å². The molecule has 0 N–H and O–H groups in total. The Bertz CT molecular complexity index is 759. The van der Waals surface area contributed by atoms with E-state index in [1.54, 1.807) is 7.11 Å². The van der Waals surface area contributed by atoms with Gasteiger partial charge < -0.3 is 19.1 Å². The van der Waals surface area contributed by atoms with Crippen LogP contribution in [0.5, 0.6) is 17.2 Å². The molecule has 0 aliphatic carbocycles. The van der Waals surface area contributed by atoms with Crippen LogP contribution >= 0.6 is 0 Å². The highest BCUT2D eigenvalue weighted by molar-refractivity contribution is 5.77. The van der Waals surface area contributed by atoms with E-state index in [-0.39, 0.29) is 11.9 Å². The van der Waals surface area contributed by atoms with Crippen LogP contribution in [0.3, 0.4) is 0 Å². The SMILES string of the molecule is CCOc1ccccc1OCCCC(=O)N1CCC[C@@H]1c1ccc(OC)cc1. The number of carbonyl (C=O) groups is 1. The maximum absolute atomic E-state index is 12.8. The summed E-state index contributed by atoms with van der Waals surface area (Å²) in [5, 5.41) is 0. The van der Waals surface area contributed by atoms with Crippen molar-refractivity contribution in [2.24, 2.45) is 0 Å². The molecule has 3 rings (SSSR count). The van der Waals surface area contributed by atoms with E-state index in [0.717, 1.165) is 36.6 Å². The fourth-order valence-electron chi connectivity index (χ4n) is 3.63. The summed E-state index contributed by atoms with van der Waals surface area (Å²) < 4.78 is 16.6. The normalized spacial score (nSPS) is 16.1. The number of likely N-dealkylation sites (tertiary alicyclic amines) is 1. The molecule has 1 atom stereocenters. The van der Waals surface area contributed by atoms with Gasteiger partial charge in [0.15, 0.2) is 11.5 Å². The second-order valence-corrected chi connectivity index (χ2v) is 6.85. The van der Waals surface area contributed by atoms with Gasteiger partial charge in [0.1, 0.15) is 5.75 Å². The van der Waals surface area contributed by atoms with Gasteiger partial charge in [-0.25, -0.2) is 0 Å². The van der Waals surface area contributed by atoms with Gasteiger partial charge >= 0.3 is 0 Å². The zero-order valence-electron chi connectivity index (χ0n) is 16.7. The number of rotatable bonds is 9. The highest BCUT2D eigenvalue weighted by Crippen LogP contribution is 2.33. The minimum atomic E-state index is 0.165. The number of hydrogen-bond acceptors (Lipinski definition) is 4. The number of methoxy groups -OCH3 is 1. The van der Waals surface area contributed by atoms with Gasteiger partial charge in [-0.2, -0.15) is 0 Å². The van der Waals surface area contributed by atoms with Crippen molar-refractivity contribution in [3.8, 4) is 17.2 Å². The van der Waals surface area contributed by atoms with E-state index < -0.39 is 0 Å². The summed E-state index contributed by atoms with van der Waals surface area (Å²) in [6.07, 6.45) is 3.23. The lowest BCUT2D eigenvalue weighted by molar-refractivity contribution is -0.132. The molecule has 0 saturated carbocycles. The first-order valence-corrected chi connectivity index (χ1v) is 10.0. The third-order valence-corrected chi connectivity index (χ3v) is 5.02. The van der Waals surface area contributed by atoms with Crippen molar-refractivity contribution >= 4 is 5.91 Å². The molecule has 0 unspecified atom stereocenters. The van der Waals surface area contributed by atoms with Crippen LogP contribution in [-0.2, 0) is 4.79 Å². The lowest BCUT2D eigenvalue weighted by Gasteiger charge is -2.25. The monoisotopic (exact) mass is 383 g/mol. The van der Waals surface area contributed by atoms with Crippen molar-refractivity contribution in [2.45, 2.75) is 38.6 Å². The third kappa shape index (κ3) is 4.97. The second-order valence-electron chi connectivity index (χ2n) is 6.85. The molecule has 2 aromatic rings. The Balaban J connectivity index is 1.50. The van der Waals surface area contributed by atoms with Gasteiger partial charge in [0.25, 0.3) is 0 Å². The van der Waals surface area contributed by atoms with Crippen molar-refractivity contribution < 1.29 is 19.0 Å². The molecule has 5 nitrogen and oxygen atoms in total. The molecule has 28 heavy (non-hydrogen) atoms. The highest BCUT2D eigenvalue weighted by atomic mass is 16.5. The molecule has 1 aliphatic heterocycles. The molecule has 1 amide bonds. The molecular weight excluding hydrogens is 354 g/mol. The summed E-state index contributed by atoms with van der Waals surface area (Å²) in [5.74, 6) is 2.51. The number of ether oxygens (including phenoxy) is 3. The Morgan fingerprint density at radius 2 is 1.79 bits per heavy atom. The quantitative estimate of drug-likeness (QED) is 0.593. The van der Waals surface area contributed by atoms with Gasteiger partial charge in [-0.05, 0) is 56.0 Å². The van der Waals surface area contributed by atoms with Gasteiger partial charge in [-0.1, -0.05) is 24.3 Å². The smallest absolute Gasteiger partial charge is 0.223 e. The van der Waals surface area contributed by atoms with Crippen molar-refractivity contribution in [2.75, 3.05) is 26.9 Å². The summed E-state index contributed by atoms with van der Waals surface area (Å²) in [6.45, 7) is 3.87. The number of hydrogen-bond donors (Lipinski definition) is 0. The summed E-state index contributed by atoms with van der Waals surface area (Å²) in [4.78, 5) is 14.8. The maximum atomic E-state index is 12.8. The van der Waals surface area contributed by atoms with Crippen molar-refractivity contribution in [3.05, 3.63) is 54.1 Å². The third-order valence-electron chi connectivity index (χ3n) is 5.02.